The summed E-state index contributed by atoms with van der Waals surface area (Å²) in [5.74, 6) is 2.02. The summed E-state index contributed by atoms with van der Waals surface area (Å²) in [6, 6.07) is 25.7. The van der Waals surface area contributed by atoms with E-state index >= 15 is 0 Å². The first-order valence-electron chi connectivity index (χ1n) is 14.0. The Bertz CT molecular complexity index is 1730. The van der Waals surface area contributed by atoms with E-state index < -0.39 is 0 Å². The molecule has 8 nitrogen and oxygen atoms in total. The van der Waals surface area contributed by atoms with Gasteiger partial charge in [0.15, 0.2) is 18.1 Å². The number of ether oxygens (including phenoxy) is 3. The number of imidazole rings is 1. The molecule has 1 aliphatic heterocycles. The molecular formula is C34H34N4O4. The average molecular weight is 563 g/mol. The van der Waals surface area contributed by atoms with Crippen LogP contribution in [0, 0.1) is 6.92 Å². The lowest BCUT2D eigenvalue weighted by molar-refractivity contribution is -0.118. The molecule has 1 aliphatic rings. The van der Waals surface area contributed by atoms with Gasteiger partial charge in [-0.25, -0.2) is 4.98 Å². The maximum atomic E-state index is 12.5. The van der Waals surface area contributed by atoms with Gasteiger partial charge >= 0.3 is 0 Å². The minimum atomic E-state index is -0.209. The number of rotatable bonds is 9. The molecule has 214 valence electrons. The first-order valence-corrected chi connectivity index (χ1v) is 14.0. The number of para-hydroxylation sites is 1. The number of hydrogen-bond acceptors (Lipinski definition) is 6. The minimum absolute atomic E-state index is 0.0548. The summed E-state index contributed by atoms with van der Waals surface area (Å²) in [5, 5.41) is 2.93. The lowest BCUT2D eigenvalue weighted by atomic mass is 9.98. The van der Waals surface area contributed by atoms with Crippen molar-refractivity contribution in [3.63, 3.8) is 0 Å². The molecular weight excluding hydrogens is 528 g/mol. The average Bonchev–Trinajstić information content (AvgIpc) is 3.38. The number of carbonyl (C=O) groups is 1. The quantitative estimate of drug-likeness (QED) is 0.241. The van der Waals surface area contributed by atoms with Gasteiger partial charge in [0, 0.05) is 37.1 Å². The number of aromatic nitrogens is 2. The summed E-state index contributed by atoms with van der Waals surface area (Å²) >= 11 is 0. The molecule has 6 rings (SSSR count). The molecule has 3 aromatic carbocycles. The molecule has 0 radical (unpaired) electrons. The van der Waals surface area contributed by atoms with E-state index in [1.54, 1.807) is 14.2 Å². The summed E-state index contributed by atoms with van der Waals surface area (Å²) in [4.78, 5) is 20.0. The van der Waals surface area contributed by atoms with E-state index in [2.05, 4.69) is 32.9 Å². The summed E-state index contributed by atoms with van der Waals surface area (Å²) in [5.41, 5.74) is 8.19. The molecule has 0 saturated heterocycles. The van der Waals surface area contributed by atoms with Crippen molar-refractivity contribution in [2.75, 3.05) is 32.7 Å². The van der Waals surface area contributed by atoms with Crippen LogP contribution in [0.1, 0.15) is 22.4 Å². The summed E-state index contributed by atoms with van der Waals surface area (Å²) in [6.07, 6.45) is 3.00. The van der Waals surface area contributed by atoms with Crippen molar-refractivity contribution in [1.82, 2.24) is 14.3 Å². The molecule has 0 saturated carbocycles. The van der Waals surface area contributed by atoms with Gasteiger partial charge in [0.05, 0.1) is 25.6 Å². The van der Waals surface area contributed by atoms with Gasteiger partial charge in [-0.2, -0.15) is 0 Å². The number of fused-ring (bicyclic) bond motifs is 2. The van der Waals surface area contributed by atoms with Crippen LogP contribution in [-0.4, -0.2) is 47.6 Å². The molecule has 2 aromatic heterocycles. The maximum absolute atomic E-state index is 12.5. The fraction of sp³-hybridized carbons (Fsp3) is 0.235. The second kappa shape index (κ2) is 12.0. The number of pyridine rings is 1. The number of aryl methyl sites for hydroxylation is 1. The van der Waals surface area contributed by atoms with E-state index in [9.17, 15) is 4.79 Å². The Morgan fingerprint density at radius 2 is 1.64 bits per heavy atom. The third-order valence-corrected chi connectivity index (χ3v) is 7.69. The SMILES string of the molecule is COc1cc2c(cc1OC)CN(Cc1c(-c3ccc(NC(=O)COc4ccccc4C)cc3)nc3ccccn13)CC2. The Hall–Kier alpha value is -4.82. The van der Waals surface area contributed by atoms with Crippen LogP contribution in [0.15, 0.2) is 85.1 Å². The number of hydrogen-bond donors (Lipinski definition) is 1. The van der Waals surface area contributed by atoms with Crippen molar-refractivity contribution in [3.05, 3.63) is 107 Å². The van der Waals surface area contributed by atoms with Crippen molar-refractivity contribution in [2.45, 2.75) is 26.4 Å². The van der Waals surface area contributed by atoms with Crippen LogP contribution in [0.25, 0.3) is 16.9 Å². The zero-order chi connectivity index (χ0) is 29.1. The molecule has 1 N–H and O–H groups in total. The zero-order valence-electron chi connectivity index (χ0n) is 24.1. The van der Waals surface area contributed by atoms with Gasteiger partial charge in [-0.15, -0.1) is 0 Å². The van der Waals surface area contributed by atoms with Crippen molar-refractivity contribution in [1.29, 1.82) is 0 Å². The Labute approximate surface area is 245 Å². The minimum Gasteiger partial charge on any atom is -0.493 e. The molecule has 5 aromatic rings. The van der Waals surface area contributed by atoms with Gasteiger partial charge in [-0.1, -0.05) is 36.4 Å². The van der Waals surface area contributed by atoms with E-state index in [1.807, 2.05) is 73.7 Å². The van der Waals surface area contributed by atoms with Gasteiger partial charge in [-0.3, -0.25) is 9.69 Å². The molecule has 0 aliphatic carbocycles. The highest BCUT2D eigenvalue weighted by Crippen LogP contribution is 2.34. The summed E-state index contributed by atoms with van der Waals surface area (Å²) in [7, 11) is 3.35. The lowest BCUT2D eigenvalue weighted by Gasteiger charge is -2.29. The predicted molar refractivity (Wildman–Crippen MR) is 163 cm³/mol. The first kappa shape index (κ1) is 27.4. The van der Waals surface area contributed by atoms with E-state index in [-0.39, 0.29) is 12.5 Å². The van der Waals surface area contributed by atoms with E-state index in [1.165, 1.54) is 11.1 Å². The van der Waals surface area contributed by atoms with E-state index in [4.69, 9.17) is 19.2 Å². The van der Waals surface area contributed by atoms with Crippen LogP contribution in [0.3, 0.4) is 0 Å². The first-order chi connectivity index (χ1) is 20.5. The Morgan fingerprint density at radius 1 is 0.905 bits per heavy atom. The van der Waals surface area contributed by atoms with Crippen LogP contribution in [0.5, 0.6) is 17.2 Å². The smallest absolute Gasteiger partial charge is 0.262 e. The van der Waals surface area contributed by atoms with E-state index in [0.29, 0.717) is 11.4 Å². The topological polar surface area (TPSA) is 77.3 Å². The highest BCUT2D eigenvalue weighted by atomic mass is 16.5. The molecule has 0 unspecified atom stereocenters. The highest BCUT2D eigenvalue weighted by Gasteiger charge is 2.23. The van der Waals surface area contributed by atoms with Crippen LogP contribution in [-0.2, 0) is 24.3 Å². The predicted octanol–water partition coefficient (Wildman–Crippen LogP) is 5.90. The van der Waals surface area contributed by atoms with Gasteiger partial charge in [0.25, 0.3) is 5.91 Å². The maximum Gasteiger partial charge on any atom is 0.262 e. The standard InChI is InChI=1S/C34H34N4O4/c1-23-8-4-5-9-29(23)42-22-33(39)35-27-13-11-24(12-14-27)34-28(38-16-7-6-10-32(38)36-34)21-37-17-15-25-18-30(40-2)31(41-3)19-26(25)20-37/h4-14,16,18-19H,15,17,20-22H2,1-3H3,(H,35,39). The monoisotopic (exact) mass is 562 g/mol. The molecule has 0 spiro atoms. The largest absolute Gasteiger partial charge is 0.493 e. The molecule has 3 heterocycles. The fourth-order valence-electron chi connectivity index (χ4n) is 5.49. The van der Waals surface area contributed by atoms with Crippen molar-refractivity contribution >= 4 is 17.2 Å². The number of anilines is 1. The normalized spacial score (nSPS) is 13.0. The Kier molecular flexibility index (Phi) is 7.79. The second-order valence-corrected chi connectivity index (χ2v) is 10.5. The van der Waals surface area contributed by atoms with Crippen LogP contribution in [0.2, 0.25) is 0 Å². The molecule has 8 heteroatoms. The number of carbonyl (C=O) groups excluding carboxylic acids is 1. The van der Waals surface area contributed by atoms with Gasteiger partial charge in [0.1, 0.15) is 11.4 Å². The van der Waals surface area contributed by atoms with Crippen LogP contribution >= 0.6 is 0 Å². The molecule has 42 heavy (non-hydrogen) atoms. The third-order valence-electron chi connectivity index (χ3n) is 7.69. The summed E-state index contributed by atoms with van der Waals surface area (Å²) < 4.78 is 18.9. The fourth-order valence-corrected chi connectivity index (χ4v) is 5.49. The molecule has 0 atom stereocenters. The van der Waals surface area contributed by atoms with E-state index in [0.717, 1.165) is 65.7 Å². The Morgan fingerprint density at radius 3 is 2.40 bits per heavy atom. The molecule has 0 bridgehead atoms. The van der Waals surface area contributed by atoms with Crippen molar-refractivity contribution in [3.8, 4) is 28.5 Å². The number of benzene rings is 3. The molecule has 1 amide bonds. The van der Waals surface area contributed by atoms with Crippen LogP contribution < -0.4 is 19.5 Å². The zero-order valence-corrected chi connectivity index (χ0v) is 24.1. The summed E-state index contributed by atoms with van der Waals surface area (Å²) in [6.45, 7) is 4.38. The number of nitrogens with one attached hydrogen (secondary N) is 1. The third kappa shape index (κ3) is 5.66. The van der Waals surface area contributed by atoms with Crippen molar-refractivity contribution in [2.24, 2.45) is 0 Å². The van der Waals surface area contributed by atoms with Crippen LogP contribution in [0.4, 0.5) is 5.69 Å². The van der Waals surface area contributed by atoms with Gasteiger partial charge in [0.2, 0.25) is 0 Å². The Balaban J connectivity index is 1.19. The van der Waals surface area contributed by atoms with Crippen molar-refractivity contribution < 1.29 is 19.0 Å². The molecule has 0 fully saturated rings. The second-order valence-electron chi connectivity index (χ2n) is 10.5. The number of amides is 1. The van der Waals surface area contributed by atoms with Gasteiger partial charge in [-0.05, 0) is 72.5 Å². The van der Waals surface area contributed by atoms with Gasteiger partial charge < -0.3 is 23.9 Å². The number of nitrogens with zero attached hydrogens (tertiary/aromatic N) is 3. The highest BCUT2D eigenvalue weighted by molar-refractivity contribution is 5.92. The lowest BCUT2D eigenvalue weighted by Crippen LogP contribution is -2.30. The number of methoxy groups -OCH3 is 2.